The summed E-state index contributed by atoms with van der Waals surface area (Å²) >= 11 is 0. The SMILES string of the molecule is CCCCCCCCCCCCCCCC(=O)OC(CNC1CCCCC1)CS(=O)(=O)O. The third-order valence-electron chi connectivity index (χ3n) is 6.42. The standard InChI is InChI=1S/C25H49NO5S/c1-2-3-4-5-6-7-8-9-10-11-12-13-17-20-25(27)31-24(22-32(28,29)30)21-26-23-18-15-14-16-19-23/h23-24,26H,2-22H2,1H3,(H,28,29,30). The van der Waals surface area contributed by atoms with Gasteiger partial charge in [-0.2, -0.15) is 8.42 Å². The van der Waals surface area contributed by atoms with Gasteiger partial charge < -0.3 is 10.1 Å². The van der Waals surface area contributed by atoms with Gasteiger partial charge in [0.05, 0.1) is 0 Å². The number of esters is 1. The quantitative estimate of drug-likeness (QED) is 0.124. The largest absolute Gasteiger partial charge is 0.460 e. The molecular formula is C25H49NO5S. The van der Waals surface area contributed by atoms with Crippen LogP contribution in [0.2, 0.25) is 0 Å². The molecule has 1 aliphatic rings. The number of unbranched alkanes of at least 4 members (excludes halogenated alkanes) is 12. The van der Waals surface area contributed by atoms with Crippen LogP contribution in [0.5, 0.6) is 0 Å². The highest BCUT2D eigenvalue weighted by atomic mass is 32.2. The molecule has 1 fully saturated rings. The molecule has 0 aliphatic heterocycles. The molecule has 0 bridgehead atoms. The zero-order valence-electron chi connectivity index (χ0n) is 20.5. The Labute approximate surface area is 197 Å². The number of nitrogens with one attached hydrogen (secondary N) is 1. The van der Waals surface area contributed by atoms with Crippen LogP contribution < -0.4 is 5.32 Å². The van der Waals surface area contributed by atoms with Gasteiger partial charge >= 0.3 is 5.97 Å². The van der Waals surface area contributed by atoms with Crippen molar-refractivity contribution < 1.29 is 22.5 Å². The van der Waals surface area contributed by atoms with E-state index in [1.165, 1.54) is 83.5 Å². The minimum Gasteiger partial charge on any atom is -0.460 e. The molecule has 0 saturated heterocycles. The predicted molar refractivity (Wildman–Crippen MR) is 131 cm³/mol. The van der Waals surface area contributed by atoms with Crippen LogP contribution in [0, 0.1) is 0 Å². The first kappa shape index (κ1) is 29.4. The minimum absolute atomic E-state index is 0.273. The van der Waals surface area contributed by atoms with Gasteiger partial charge in [0.2, 0.25) is 0 Å². The fraction of sp³-hybridized carbons (Fsp3) is 0.960. The normalized spacial score (nSPS) is 16.2. The lowest BCUT2D eigenvalue weighted by Gasteiger charge is -2.25. The molecule has 0 aromatic heterocycles. The van der Waals surface area contributed by atoms with Gasteiger partial charge in [-0.05, 0) is 19.3 Å². The summed E-state index contributed by atoms with van der Waals surface area (Å²) in [5.41, 5.74) is 0. The molecular weight excluding hydrogens is 426 g/mol. The van der Waals surface area contributed by atoms with E-state index < -0.39 is 22.0 Å². The predicted octanol–water partition coefficient (Wildman–Crippen LogP) is 6.19. The fourth-order valence-electron chi connectivity index (χ4n) is 4.51. The molecule has 2 N–H and O–H groups in total. The molecule has 1 atom stereocenters. The average Bonchev–Trinajstić information content (AvgIpc) is 2.75. The molecule has 0 aromatic carbocycles. The highest BCUT2D eigenvalue weighted by Crippen LogP contribution is 2.18. The number of carbonyl (C=O) groups excluding carboxylic acids is 1. The van der Waals surface area contributed by atoms with E-state index in [9.17, 15) is 17.8 Å². The number of rotatable bonds is 20. The first-order valence-electron chi connectivity index (χ1n) is 13.3. The van der Waals surface area contributed by atoms with E-state index in [1.807, 2.05) is 0 Å². The van der Waals surface area contributed by atoms with Crippen LogP contribution in [-0.4, -0.2) is 43.4 Å². The molecule has 32 heavy (non-hydrogen) atoms. The Kier molecular flexibility index (Phi) is 17.2. The summed E-state index contributed by atoms with van der Waals surface area (Å²) in [5.74, 6) is -0.913. The summed E-state index contributed by atoms with van der Waals surface area (Å²) in [5, 5.41) is 3.31. The average molecular weight is 476 g/mol. The van der Waals surface area contributed by atoms with Crippen LogP contribution in [0.15, 0.2) is 0 Å². The van der Waals surface area contributed by atoms with Crippen molar-refractivity contribution in [3.63, 3.8) is 0 Å². The number of hydrogen-bond acceptors (Lipinski definition) is 5. The maximum Gasteiger partial charge on any atom is 0.306 e. The van der Waals surface area contributed by atoms with E-state index in [4.69, 9.17) is 4.74 Å². The Bertz CT molecular complexity index is 561. The molecule has 0 aromatic rings. The van der Waals surface area contributed by atoms with Crippen molar-refractivity contribution >= 4 is 16.1 Å². The van der Waals surface area contributed by atoms with Crippen LogP contribution in [0.3, 0.4) is 0 Å². The molecule has 1 unspecified atom stereocenters. The highest BCUT2D eigenvalue weighted by Gasteiger charge is 2.23. The maximum absolute atomic E-state index is 12.2. The Morgan fingerprint density at radius 2 is 1.38 bits per heavy atom. The first-order chi connectivity index (χ1) is 15.4. The van der Waals surface area contributed by atoms with Crippen molar-refractivity contribution in [3.8, 4) is 0 Å². The molecule has 0 amide bonds. The highest BCUT2D eigenvalue weighted by molar-refractivity contribution is 7.85. The molecule has 1 aliphatic carbocycles. The summed E-state index contributed by atoms with van der Waals surface area (Å²) in [6, 6.07) is 0.340. The topological polar surface area (TPSA) is 92.7 Å². The summed E-state index contributed by atoms with van der Waals surface area (Å²) in [7, 11) is -4.19. The van der Waals surface area contributed by atoms with Crippen molar-refractivity contribution in [2.24, 2.45) is 0 Å². The molecule has 1 saturated carbocycles. The molecule has 6 nitrogen and oxygen atoms in total. The van der Waals surface area contributed by atoms with Crippen molar-refractivity contribution in [1.29, 1.82) is 0 Å². The molecule has 0 heterocycles. The fourth-order valence-corrected chi connectivity index (χ4v) is 5.16. The van der Waals surface area contributed by atoms with Crippen LogP contribution in [-0.2, 0) is 19.6 Å². The van der Waals surface area contributed by atoms with E-state index in [-0.39, 0.29) is 12.5 Å². The Balaban J connectivity index is 2.07. The van der Waals surface area contributed by atoms with Gasteiger partial charge in [0.1, 0.15) is 11.9 Å². The first-order valence-corrected chi connectivity index (χ1v) is 14.9. The molecule has 7 heteroatoms. The van der Waals surface area contributed by atoms with Crippen LogP contribution in [0.1, 0.15) is 129 Å². The Hall–Kier alpha value is -0.660. The van der Waals surface area contributed by atoms with Gasteiger partial charge in [-0.25, -0.2) is 0 Å². The van der Waals surface area contributed by atoms with E-state index in [2.05, 4.69) is 12.2 Å². The van der Waals surface area contributed by atoms with E-state index in [0.717, 1.165) is 32.1 Å². The van der Waals surface area contributed by atoms with Crippen molar-refractivity contribution in [1.82, 2.24) is 5.32 Å². The lowest BCUT2D eigenvalue weighted by atomic mass is 9.95. The van der Waals surface area contributed by atoms with E-state index in [0.29, 0.717) is 12.5 Å². The second-order valence-corrected chi connectivity index (χ2v) is 11.1. The van der Waals surface area contributed by atoms with Crippen molar-refractivity contribution in [2.45, 2.75) is 141 Å². The number of hydrogen-bond donors (Lipinski definition) is 2. The monoisotopic (exact) mass is 475 g/mol. The number of ether oxygens (including phenoxy) is 1. The van der Waals surface area contributed by atoms with Gasteiger partial charge in [-0.15, -0.1) is 0 Å². The van der Waals surface area contributed by atoms with Gasteiger partial charge in [0.15, 0.2) is 0 Å². The van der Waals surface area contributed by atoms with Gasteiger partial charge in [0, 0.05) is 19.0 Å². The third kappa shape index (κ3) is 17.8. The molecule has 1 rings (SSSR count). The Morgan fingerprint density at radius 3 is 1.88 bits per heavy atom. The van der Waals surface area contributed by atoms with E-state index in [1.54, 1.807) is 0 Å². The van der Waals surface area contributed by atoms with Crippen LogP contribution in [0.4, 0.5) is 0 Å². The second-order valence-electron chi connectivity index (χ2n) is 9.60. The summed E-state index contributed by atoms with van der Waals surface area (Å²) in [4.78, 5) is 12.2. The van der Waals surface area contributed by atoms with Crippen molar-refractivity contribution in [3.05, 3.63) is 0 Å². The van der Waals surface area contributed by atoms with Gasteiger partial charge in [0.25, 0.3) is 10.1 Å². The molecule has 0 radical (unpaired) electrons. The Morgan fingerprint density at radius 1 is 0.875 bits per heavy atom. The zero-order chi connectivity index (χ0) is 23.5. The minimum atomic E-state index is -4.19. The smallest absolute Gasteiger partial charge is 0.306 e. The zero-order valence-corrected chi connectivity index (χ0v) is 21.3. The summed E-state index contributed by atoms with van der Waals surface area (Å²) in [6.45, 7) is 2.52. The molecule has 190 valence electrons. The summed E-state index contributed by atoms with van der Waals surface area (Å²) < 4.78 is 37.2. The van der Waals surface area contributed by atoms with Crippen molar-refractivity contribution in [2.75, 3.05) is 12.3 Å². The van der Waals surface area contributed by atoms with E-state index >= 15 is 0 Å². The van der Waals surface area contributed by atoms with Gasteiger partial charge in [-0.3, -0.25) is 9.35 Å². The maximum atomic E-state index is 12.2. The van der Waals surface area contributed by atoms with Crippen LogP contribution >= 0.6 is 0 Å². The summed E-state index contributed by atoms with van der Waals surface area (Å²) in [6.07, 6.45) is 21.3. The lowest BCUT2D eigenvalue weighted by Crippen LogP contribution is -2.41. The second kappa shape index (κ2) is 18.7. The lowest BCUT2D eigenvalue weighted by molar-refractivity contribution is -0.148. The van der Waals surface area contributed by atoms with Crippen LogP contribution in [0.25, 0.3) is 0 Å². The van der Waals surface area contributed by atoms with Gasteiger partial charge in [-0.1, -0.05) is 103 Å². The molecule has 0 spiro atoms. The third-order valence-corrected chi connectivity index (χ3v) is 7.21. The number of carbonyl (C=O) groups is 1.